The molecule has 3 aromatic rings. The smallest absolute Gasteiger partial charge is 0.230 e. The average Bonchev–Trinajstić information content (AvgIpc) is 3.16. The number of nitrogens with zero attached hydrogens (tertiary/aromatic N) is 3. The molecule has 0 spiro atoms. The quantitative estimate of drug-likeness (QED) is 0.436. The first-order valence-corrected chi connectivity index (χ1v) is 10.9. The number of hydrogen-bond acceptors (Lipinski definition) is 5. The highest BCUT2D eigenvalue weighted by molar-refractivity contribution is 7.99. The summed E-state index contributed by atoms with van der Waals surface area (Å²) in [5, 5.41) is 12.3. The predicted octanol–water partition coefficient (Wildman–Crippen LogP) is 4.09. The summed E-state index contributed by atoms with van der Waals surface area (Å²) in [7, 11) is 1.61. The molecule has 1 heterocycles. The Hall–Kier alpha value is -2.64. The van der Waals surface area contributed by atoms with Gasteiger partial charge in [-0.05, 0) is 23.1 Å². The van der Waals surface area contributed by atoms with Gasteiger partial charge >= 0.3 is 0 Å². The van der Waals surface area contributed by atoms with Gasteiger partial charge in [0.15, 0.2) is 11.0 Å². The molecule has 0 aliphatic rings. The third-order valence-corrected chi connectivity index (χ3v) is 5.55. The van der Waals surface area contributed by atoms with Crippen molar-refractivity contribution in [2.24, 2.45) is 0 Å². The van der Waals surface area contributed by atoms with Crippen LogP contribution >= 0.6 is 11.8 Å². The number of thioether (sulfide) groups is 1. The number of rotatable bonds is 8. The van der Waals surface area contributed by atoms with Crippen LogP contribution in [0.4, 0.5) is 0 Å². The Morgan fingerprint density at radius 1 is 1.07 bits per heavy atom. The Balaban J connectivity index is 1.88. The van der Waals surface area contributed by atoms with Gasteiger partial charge in [0, 0.05) is 24.9 Å². The van der Waals surface area contributed by atoms with Crippen LogP contribution in [0.5, 0.6) is 0 Å². The van der Waals surface area contributed by atoms with Crippen LogP contribution in [0.25, 0.3) is 17.1 Å². The van der Waals surface area contributed by atoms with Crippen LogP contribution in [0.3, 0.4) is 0 Å². The molecule has 0 saturated carbocycles. The second-order valence-electron chi connectivity index (χ2n) is 7.94. The zero-order chi connectivity index (χ0) is 21.6. The van der Waals surface area contributed by atoms with E-state index in [-0.39, 0.29) is 17.1 Å². The third-order valence-electron chi connectivity index (χ3n) is 4.62. The van der Waals surface area contributed by atoms with E-state index in [1.54, 1.807) is 7.11 Å². The van der Waals surface area contributed by atoms with Gasteiger partial charge in [-0.25, -0.2) is 0 Å². The first kappa shape index (κ1) is 22.1. The van der Waals surface area contributed by atoms with Gasteiger partial charge in [0.05, 0.1) is 12.4 Å². The molecule has 1 aromatic heterocycles. The molecule has 1 N–H and O–H groups in total. The predicted molar refractivity (Wildman–Crippen MR) is 121 cm³/mol. The highest BCUT2D eigenvalue weighted by Crippen LogP contribution is 2.30. The minimum Gasteiger partial charge on any atom is -0.383 e. The lowest BCUT2D eigenvalue weighted by molar-refractivity contribution is -0.118. The highest BCUT2D eigenvalue weighted by atomic mass is 32.2. The lowest BCUT2D eigenvalue weighted by atomic mass is 9.87. The highest BCUT2D eigenvalue weighted by Gasteiger charge is 2.18. The normalized spacial score (nSPS) is 11.5. The minimum absolute atomic E-state index is 0.0595. The van der Waals surface area contributed by atoms with E-state index in [0.29, 0.717) is 18.3 Å². The molecule has 0 bridgehead atoms. The topological polar surface area (TPSA) is 69.0 Å². The number of ether oxygens (including phenoxy) is 1. The maximum Gasteiger partial charge on any atom is 0.230 e. The van der Waals surface area contributed by atoms with E-state index in [1.165, 1.54) is 17.3 Å². The Labute approximate surface area is 182 Å². The van der Waals surface area contributed by atoms with Gasteiger partial charge in [0.1, 0.15) is 0 Å². The number of para-hydroxylation sites is 1. The molecule has 0 fully saturated rings. The zero-order valence-electron chi connectivity index (χ0n) is 17.9. The lowest BCUT2D eigenvalue weighted by Gasteiger charge is -2.19. The molecule has 2 aromatic carbocycles. The van der Waals surface area contributed by atoms with Crippen molar-refractivity contribution in [2.45, 2.75) is 31.3 Å². The fraction of sp³-hybridized carbons (Fsp3) is 0.348. The van der Waals surface area contributed by atoms with E-state index < -0.39 is 0 Å². The largest absolute Gasteiger partial charge is 0.383 e. The van der Waals surface area contributed by atoms with Crippen molar-refractivity contribution in [1.82, 2.24) is 20.1 Å². The van der Waals surface area contributed by atoms with E-state index >= 15 is 0 Å². The van der Waals surface area contributed by atoms with Crippen molar-refractivity contribution in [3.05, 3.63) is 60.2 Å². The lowest BCUT2D eigenvalue weighted by Crippen LogP contribution is -2.28. The van der Waals surface area contributed by atoms with E-state index in [2.05, 4.69) is 60.6 Å². The van der Waals surface area contributed by atoms with Crippen molar-refractivity contribution < 1.29 is 9.53 Å². The molecule has 158 valence electrons. The van der Waals surface area contributed by atoms with Crippen LogP contribution in [0.15, 0.2) is 59.8 Å². The van der Waals surface area contributed by atoms with E-state index in [9.17, 15) is 4.79 Å². The summed E-state index contributed by atoms with van der Waals surface area (Å²) in [4.78, 5) is 12.1. The molecule has 3 rings (SSSR count). The van der Waals surface area contributed by atoms with Gasteiger partial charge < -0.3 is 10.1 Å². The number of carbonyl (C=O) groups is 1. The van der Waals surface area contributed by atoms with Crippen molar-refractivity contribution in [3.8, 4) is 17.1 Å². The van der Waals surface area contributed by atoms with Crippen molar-refractivity contribution in [2.75, 3.05) is 26.0 Å². The van der Waals surface area contributed by atoms with Gasteiger partial charge in [0.25, 0.3) is 0 Å². The first-order valence-electron chi connectivity index (χ1n) is 9.90. The molecule has 0 unspecified atom stereocenters. The maximum atomic E-state index is 12.1. The van der Waals surface area contributed by atoms with Crippen molar-refractivity contribution in [1.29, 1.82) is 0 Å². The number of methoxy groups -OCH3 is 1. The average molecular weight is 425 g/mol. The molecule has 6 nitrogen and oxygen atoms in total. The Kier molecular flexibility index (Phi) is 7.29. The summed E-state index contributed by atoms with van der Waals surface area (Å²) < 4.78 is 6.96. The summed E-state index contributed by atoms with van der Waals surface area (Å²) in [6.45, 7) is 7.57. The van der Waals surface area contributed by atoms with Crippen molar-refractivity contribution >= 4 is 17.7 Å². The van der Waals surface area contributed by atoms with Gasteiger partial charge in [-0.2, -0.15) is 0 Å². The number of benzene rings is 2. The van der Waals surface area contributed by atoms with Crippen LogP contribution < -0.4 is 5.32 Å². The molecular weight excluding hydrogens is 396 g/mol. The van der Waals surface area contributed by atoms with Crippen LogP contribution in [0, 0.1) is 0 Å². The zero-order valence-corrected chi connectivity index (χ0v) is 18.7. The number of aromatic nitrogens is 3. The molecule has 0 aliphatic carbocycles. The molecule has 1 amide bonds. The summed E-state index contributed by atoms with van der Waals surface area (Å²) in [6.07, 6.45) is 0. The number of nitrogens with one attached hydrogen (secondary N) is 1. The fourth-order valence-electron chi connectivity index (χ4n) is 2.95. The van der Waals surface area contributed by atoms with Gasteiger partial charge in [0.2, 0.25) is 5.91 Å². The number of hydrogen-bond donors (Lipinski definition) is 1. The van der Waals surface area contributed by atoms with E-state index in [1.807, 2.05) is 34.9 Å². The maximum absolute atomic E-state index is 12.1. The van der Waals surface area contributed by atoms with Crippen LogP contribution in [-0.2, 0) is 14.9 Å². The first-order chi connectivity index (χ1) is 14.4. The molecule has 30 heavy (non-hydrogen) atoms. The molecule has 0 atom stereocenters. The van der Waals surface area contributed by atoms with E-state index in [0.717, 1.165) is 17.1 Å². The summed E-state index contributed by atoms with van der Waals surface area (Å²) in [6, 6.07) is 18.4. The van der Waals surface area contributed by atoms with E-state index in [4.69, 9.17) is 4.74 Å². The SMILES string of the molecule is COCCNC(=O)CSc1nnc(-c2ccc(C(C)(C)C)cc2)n1-c1ccccc1. The number of carbonyl (C=O) groups excluding carboxylic acids is 1. The second-order valence-corrected chi connectivity index (χ2v) is 8.88. The molecule has 0 saturated heterocycles. The van der Waals surface area contributed by atoms with Crippen LogP contribution in [-0.4, -0.2) is 46.7 Å². The van der Waals surface area contributed by atoms with Gasteiger partial charge in [-0.1, -0.05) is 75.0 Å². The molecule has 7 heteroatoms. The molecular formula is C23H28N4O2S. The van der Waals surface area contributed by atoms with Gasteiger partial charge in [-0.3, -0.25) is 9.36 Å². The third kappa shape index (κ3) is 5.49. The summed E-state index contributed by atoms with van der Waals surface area (Å²) in [5.41, 5.74) is 3.29. The Morgan fingerprint density at radius 3 is 2.40 bits per heavy atom. The summed E-state index contributed by atoms with van der Waals surface area (Å²) in [5.74, 6) is 0.956. The summed E-state index contributed by atoms with van der Waals surface area (Å²) >= 11 is 1.37. The minimum atomic E-state index is -0.0595. The van der Waals surface area contributed by atoms with Gasteiger partial charge in [-0.15, -0.1) is 10.2 Å². The van der Waals surface area contributed by atoms with Crippen molar-refractivity contribution in [3.63, 3.8) is 0 Å². The second kappa shape index (κ2) is 9.91. The molecule has 0 aliphatic heterocycles. The number of amides is 1. The Morgan fingerprint density at radius 2 is 1.77 bits per heavy atom. The fourth-order valence-corrected chi connectivity index (χ4v) is 3.73. The van der Waals surface area contributed by atoms with Crippen LogP contribution in [0.2, 0.25) is 0 Å². The molecule has 0 radical (unpaired) electrons. The monoisotopic (exact) mass is 424 g/mol. The Bertz CT molecular complexity index is 963. The van der Waals surface area contributed by atoms with Crippen LogP contribution in [0.1, 0.15) is 26.3 Å². The standard InChI is InChI=1S/C23H28N4O2S/c1-23(2,3)18-12-10-17(11-13-18)21-25-26-22(27(21)19-8-6-5-7-9-19)30-16-20(28)24-14-15-29-4/h5-13H,14-16H2,1-4H3,(H,24,28).